The Kier molecular flexibility index (Phi) is 3.39. The molecular weight excluding hydrogens is 273 g/mol. The van der Waals surface area contributed by atoms with Crippen LogP contribution in [-0.4, -0.2) is 18.0 Å². The van der Waals surface area contributed by atoms with E-state index in [-0.39, 0.29) is 5.82 Å². The number of halogens is 1. The predicted molar refractivity (Wildman–Crippen MR) is 74.4 cm³/mol. The molecule has 5 heteroatoms. The van der Waals surface area contributed by atoms with Crippen molar-refractivity contribution < 1.29 is 18.7 Å². The van der Waals surface area contributed by atoms with Gasteiger partial charge < -0.3 is 10.1 Å². The SMILES string of the molecule is O=C1O[C@H](C(=O)Nc2ccc(F)cc2)Cc2ccccc21. The van der Waals surface area contributed by atoms with Gasteiger partial charge in [0.1, 0.15) is 5.82 Å². The van der Waals surface area contributed by atoms with E-state index < -0.39 is 18.0 Å². The first-order chi connectivity index (χ1) is 10.1. The Bertz CT molecular complexity index is 697. The fourth-order valence-corrected chi connectivity index (χ4v) is 2.23. The van der Waals surface area contributed by atoms with Gasteiger partial charge in [0.15, 0.2) is 6.10 Å². The number of rotatable bonds is 2. The minimum absolute atomic E-state index is 0.328. The molecule has 4 nitrogen and oxygen atoms in total. The van der Waals surface area contributed by atoms with Crippen LogP contribution in [0.1, 0.15) is 15.9 Å². The summed E-state index contributed by atoms with van der Waals surface area (Å²) in [6, 6.07) is 12.4. The lowest BCUT2D eigenvalue weighted by Crippen LogP contribution is -2.37. The van der Waals surface area contributed by atoms with E-state index in [1.807, 2.05) is 6.07 Å². The quantitative estimate of drug-likeness (QED) is 0.863. The summed E-state index contributed by atoms with van der Waals surface area (Å²) in [5, 5.41) is 2.61. The molecule has 2 aromatic rings. The molecule has 0 unspecified atom stereocenters. The van der Waals surface area contributed by atoms with Gasteiger partial charge in [-0.2, -0.15) is 0 Å². The van der Waals surface area contributed by atoms with Gasteiger partial charge in [-0.05, 0) is 35.9 Å². The number of fused-ring (bicyclic) bond motifs is 1. The van der Waals surface area contributed by atoms with Gasteiger partial charge >= 0.3 is 5.97 Å². The summed E-state index contributed by atoms with van der Waals surface area (Å²) >= 11 is 0. The third kappa shape index (κ3) is 2.76. The lowest BCUT2D eigenvalue weighted by molar-refractivity contribution is -0.125. The molecule has 1 aliphatic heterocycles. The number of anilines is 1. The summed E-state index contributed by atoms with van der Waals surface area (Å²) in [7, 11) is 0. The van der Waals surface area contributed by atoms with E-state index in [1.54, 1.807) is 18.2 Å². The van der Waals surface area contributed by atoms with Gasteiger partial charge in [-0.25, -0.2) is 9.18 Å². The smallest absolute Gasteiger partial charge is 0.339 e. The second kappa shape index (κ2) is 5.36. The van der Waals surface area contributed by atoms with Crippen molar-refractivity contribution in [3.8, 4) is 0 Å². The van der Waals surface area contributed by atoms with Crippen molar-refractivity contribution in [1.29, 1.82) is 0 Å². The molecule has 0 spiro atoms. The van der Waals surface area contributed by atoms with Gasteiger partial charge in [-0.15, -0.1) is 0 Å². The van der Waals surface area contributed by atoms with E-state index in [0.717, 1.165) is 5.56 Å². The summed E-state index contributed by atoms with van der Waals surface area (Å²) in [5.41, 5.74) is 1.73. The fourth-order valence-electron chi connectivity index (χ4n) is 2.23. The van der Waals surface area contributed by atoms with Gasteiger partial charge in [0.2, 0.25) is 0 Å². The zero-order valence-electron chi connectivity index (χ0n) is 11.0. The number of hydrogen-bond donors (Lipinski definition) is 1. The first-order valence-electron chi connectivity index (χ1n) is 6.49. The van der Waals surface area contributed by atoms with Crippen LogP contribution in [0.2, 0.25) is 0 Å². The number of ether oxygens (including phenoxy) is 1. The molecule has 1 aliphatic rings. The lowest BCUT2D eigenvalue weighted by Gasteiger charge is -2.23. The summed E-state index contributed by atoms with van der Waals surface area (Å²) in [5.74, 6) is -1.31. The van der Waals surface area contributed by atoms with E-state index in [9.17, 15) is 14.0 Å². The molecule has 2 aromatic carbocycles. The maximum Gasteiger partial charge on any atom is 0.339 e. The van der Waals surface area contributed by atoms with Crippen molar-refractivity contribution in [2.24, 2.45) is 0 Å². The van der Waals surface area contributed by atoms with Crippen molar-refractivity contribution in [3.05, 3.63) is 65.5 Å². The average molecular weight is 285 g/mol. The molecule has 1 amide bonds. The van der Waals surface area contributed by atoms with E-state index in [2.05, 4.69) is 5.32 Å². The second-order valence-corrected chi connectivity index (χ2v) is 4.75. The number of cyclic esters (lactones) is 1. The molecule has 106 valence electrons. The van der Waals surface area contributed by atoms with Gasteiger partial charge in [0, 0.05) is 12.1 Å². The summed E-state index contributed by atoms with van der Waals surface area (Å²) < 4.78 is 18.0. The zero-order valence-corrected chi connectivity index (χ0v) is 11.0. The minimum atomic E-state index is -0.877. The molecule has 1 atom stereocenters. The van der Waals surface area contributed by atoms with Gasteiger partial charge in [0.05, 0.1) is 5.56 Å². The van der Waals surface area contributed by atoms with Crippen LogP contribution in [-0.2, 0) is 16.0 Å². The van der Waals surface area contributed by atoms with Crippen LogP contribution in [0.3, 0.4) is 0 Å². The zero-order chi connectivity index (χ0) is 14.8. The predicted octanol–water partition coefficient (Wildman–Crippen LogP) is 2.55. The van der Waals surface area contributed by atoms with Gasteiger partial charge in [0.25, 0.3) is 5.91 Å². The van der Waals surface area contributed by atoms with Crippen LogP contribution in [0.4, 0.5) is 10.1 Å². The normalized spacial score (nSPS) is 16.8. The molecule has 0 aromatic heterocycles. The molecule has 0 saturated carbocycles. The number of benzene rings is 2. The highest BCUT2D eigenvalue weighted by Crippen LogP contribution is 2.21. The van der Waals surface area contributed by atoms with Crippen LogP contribution in [0.5, 0.6) is 0 Å². The number of nitrogens with one attached hydrogen (secondary N) is 1. The molecule has 0 fully saturated rings. The Balaban J connectivity index is 1.75. The summed E-state index contributed by atoms with van der Waals surface area (Å²) in [4.78, 5) is 24.0. The van der Waals surface area contributed by atoms with Crippen LogP contribution in [0, 0.1) is 5.82 Å². The Morgan fingerprint density at radius 2 is 1.86 bits per heavy atom. The molecule has 3 rings (SSSR count). The van der Waals surface area contributed by atoms with Crippen molar-refractivity contribution in [3.63, 3.8) is 0 Å². The number of carbonyl (C=O) groups excluding carboxylic acids is 2. The van der Waals surface area contributed by atoms with Crippen LogP contribution in [0.25, 0.3) is 0 Å². The van der Waals surface area contributed by atoms with E-state index >= 15 is 0 Å². The maximum absolute atomic E-state index is 12.8. The Morgan fingerprint density at radius 3 is 2.62 bits per heavy atom. The van der Waals surface area contributed by atoms with Crippen LogP contribution in [0.15, 0.2) is 48.5 Å². The van der Waals surface area contributed by atoms with Crippen molar-refractivity contribution in [2.45, 2.75) is 12.5 Å². The van der Waals surface area contributed by atoms with Crippen LogP contribution >= 0.6 is 0 Å². The number of esters is 1. The highest BCUT2D eigenvalue weighted by atomic mass is 19.1. The number of carbonyl (C=O) groups is 2. The molecule has 0 saturated heterocycles. The highest BCUT2D eigenvalue weighted by Gasteiger charge is 2.30. The lowest BCUT2D eigenvalue weighted by atomic mass is 9.98. The summed E-state index contributed by atoms with van der Waals surface area (Å²) in [6.07, 6.45) is -0.549. The number of amides is 1. The number of hydrogen-bond acceptors (Lipinski definition) is 3. The molecule has 0 aliphatic carbocycles. The Morgan fingerprint density at radius 1 is 1.14 bits per heavy atom. The molecule has 0 radical (unpaired) electrons. The van der Waals surface area contributed by atoms with E-state index in [1.165, 1.54) is 24.3 Å². The average Bonchev–Trinajstić information content (AvgIpc) is 2.49. The first kappa shape index (κ1) is 13.3. The molecule has 1 N–H and O–H groups in total. The third-order valence-corrected chi connectivity index (χ3v) is 3.30. The van der Waals surface area contributed by atoms with Crippen LogP contribution < -0.4 is 5.32 Å². The summed E-state index contributed by atoms with van der Waals surface area (Å²) in [6.45, 7) is 0. The van der Waals surface area contributed by atoms with Crippen molar-refractivity contribution in [2.75, 3.05) is 5.32 Å². The molecule has 1 heterocycles. The van der Waals surface area contributed by atoms with Gasteiger partial charge in [-0.3, -0.25) is 4.79 Å². The topological polar surface area (TPSA) is 55.4 Å². The van der Waals surface area contributed by atoms with Gasteiger partial charge in [-0.1, -0.05) is 18.2 Å². The van der Waals surface area contributed by atoms with Crippen molar-refractivity contribution >= 4 is 17.6 Å². The monoisotopic (exact) mass is 285 g/mol. The molecule has 0 bridgehead atoms. The first-order valence-corrected chi connectivity index (χ1v) is 6.49. The van der Waals surface area contributed by atoms with E-state index in [0.29, 0.717) is 17.7 Å². The standard InChI is InChI=1S/C16H12FNO3/c17-11-5-7-12(8-6-11)18-15(19)14-9-10-3-1-2-4-13(10)16(20)21-14/h1-8,14H,9H2,(H,18,19)/t14-/m0/s1. The van der Waals surface area contributed by atoms with E-state index in [4.69, 9.17) is 4.74 Å². The second-order valence-electron chi connectivity index (χ2n) is 4.75. The Labute approximate surface area is 120 Å². The minimum Gasteiger partial charge on any atom is -0.448 e. The van der Waals surface area contributed by atoms with Crippen molar-refractivity contribution in [1.82, 2.24) is 0 Å². The Hall–Kier alpha value is -2.69. The largest absolute Gasteiger partial charge is 0.448 e. The third-order valence-electron chi connectivity index (χ3n) is 3.30. The molecular formula is C16H12FNO3. The fraction of sp³-hybridized carbons (Fsp3) is 0.125. The highest BCUT2D eigenvalue weighted by molar-refractivity contribution is 6.00. The maximum atomic E-state index is 12.8. The molecule has 21 heavy (non-hydrogen) atoms.